The maximum Gasteiger partial charge on any atom is 0.312 e. The number of benzene rings is 1. The van der Waals surface area contributed by atoms with Crippen LogP contribution in [0.2, 0.25) is 0 Å². The number of amides is 2. The molecular formula is C12H18N2O2. The number of fused-ring (bicyclic) bond motifs is 1. The molecule has 0 spiro atoms. The van der Waals surface area contributed by atoms with Crippen molar-refractivity contribution in [3.8, 4) is 0 Å². The number of primary amides is 1. The average molecular weight is 222 g/mol. The molecule has 0 aliphatic heterocycles. The van der Waals surface area contributed by atoms with Crippen molar-refractivity contribution in [3.63, 3.8) is 0 Å². The van der Waals surface area contributed by atoms with Gasteiger partial charge in [0, 0.05) is 6.42 Å². The van der Waals surface area contributed by atoms with Crippen molar-refractivity contribution in [2.45, 2.75) is 32.4 Å². The van der Waals surface area contributed by atoms with Gasteiger partial charge in [-0.2, -0.15) is 0 Å². The zero-order valence-electron chi connectivity index (χ0n) is 9.60. The van der Waals surface area contributed by atoms with Crippen molar-refractivity contribution in [2.24, 2.45) is 5.73 Å². The third kappa shape index (κ3) is 2.52. The Morgan fingerprint density at radius 3 is 2.69 bits per heavy atom. The number of rotatable bonds is 1. The van der Waals surface area contributed by atoms with Crippen LogP contribution in [0.3, 0.4) is 0 Å². The molecule has 1 aromatic rings. The van der Waals surface area contributed by atoms with Crippen LogP contribution in [0.5, 0.6) is 0 Å². The summed E-state index contributed by atoms with van der Waals surface area (Å²) >= 11 is 0. The van der Waals surface area contributed by atoms with Gasteiger partial charge < -0.3 is 16.2 Å². The van der Waals surface area contributed by atoms with Crippen molar-refractivity contribution >= 4 is 6.03 Å². The first-order valence-corrected chi connectivity index (χ1v) is 5.50. The van der Waals surface area contributed by atoms with E-state index >= 15 is 0 Å². The zero-order chi connectivity index (χ0) is 12.1. The lowest BCUT2D eigenvalue weighted by molar-refractivity contribution is 0.143. The molecule has 0 heterocycles. The molecule has 16 heavy (non-hydrogen) atoms. The van der Waals surface area contributed by atoms with Crippen molar-refractivity contribution in [1.82, 2.24) is 5.32 Å². The van der Waals surface area contributed by atoms with Gasteiger partial charge in [0.2, 0.25) is 0 Å². The molecule has 2 amide bonds. The van der Waals surface area contributed by atoms with Crippen LogP contribution in [-0.2, 0) is 6.42 Å². The summed E-state index contributed by atoms with van der Waals surface area (Å²) in [5, 5.41) is 12.2. The Kier molecular flexibility index (Phi) is 4.31. The third-order valence-corrected chi connectivity index (χ3v) is 2.50. The lowest BCUT2D eigenvalue weighted by Crippen LogP contribution is -2.37. The van der Waals surface area contributed by atoms with Crippen LogP contribution in [0.15, 0.2) is 24.3 Å². The van der Waals surface area contributed by atoms with Gasteiger partial charge in [0.05, 0.1) is 12.1 Å². The van der Waals surface area contributed by atoms with E-state index in [9.17, 15) is 9.90 Å². The van der Waals surface area contributed by atoms with Crippen LogP contribution < -0.4 is 11.1 Å². The Labute approximate surface area is 95.5 Å². The maximum atomic E-state index is 10.7. The van der Waals surface area contributed by atoms with E-state index in [4.69, 9.17) is 5.73 Å². The first-order valence-electron chi connectivity index (χ1n) is 5.50. The van der Waals surface area contributed by atoms with Crippen LogP contribution in [0.25, 0.3) is 0 Å². The molecule has 0 saturated carbocycles. The Hall–Kier alpha value is -1.55. The van der Waals surface area contributed by atoms with Crippen molar-refractivity contribution < 1.29 is 9.90 Å². The van der Waals surface area contributed by atoms with Gasteiger partial charge in [0.25, 0.3) is 0 Å². The van der Waals surface area contributed by atoms with Crippen LogP contribution in [0.4, 0.5) is 4.79 Å². The number of urea groups is 1. The third-order valence-electron chi connectivity index (χ3n) is 2.50. The number of hydrogen-bond donors (Lipinski definition) is 3. The standard InChI is InChI=1S/C10H12N2O2.C2H6/c11-10(14)12-9-7-4-2-1-3-6(7)5-8(9)13;1-2/h1-4,8-9,13H,5H2,(H3,11,12,14);1-2H3. The molecule has 1 aliphatic rings. The van der Waals surface area contributed by atoms with Gasteiger partial charge in [0.15, 0.2) is 0 Å². The van der Waals surface area contributed by atoms with Crippen molar-refractivity contribution in [3.05, 3.63) is 35.4 Å². The van der Waals surface area contributed by atoms with E-state index in [0.717, 1.165) is 11.1 Å². The average Bonchev–Trinajstić information content (AvgIpc) is 2.58. The lowest BCUT2D eigenvalue weighted by atomic mass is 10.1. The summed E-state index contributed by atoms with van der Waals surface area (Å²) in [6.45, 7) is 4.00. The number of aliphatic hydroxyl groups is 1. The minimum atomic E-state index is -0.606. The summed E-state index contributed by atoms with van der Waals surface area (Å²) in [4.78, 5) is 10.7. The van der Waals surface area contributed by atoms with E-state index in [-0.39, 0.29) is 6.04 Å². The van der Waals surface area contributed by atoms with Crippen LogP contribution in [0, 0.1) is 0 Å². The predicted molar refractivity (Wildman–Crippen MR) is 63.0 cm³/mol. The molecule has 4 heteroatoms. The van der Waals surface area contributed by atoms with Gasteiger partial charge in [-0.15, -0.1) is 0 Å². The highest BCUT2D eigenvalue weighted by molar-refractivity contribution is 5.72. The van der Waals surface area contributed by atoms with Gasteiger partial charge in [-0.3, -0.25) is 0 Å². The molecular weight excluding hydrogens is 204 g/mol. The highest BCUT2D eigenvalue weighted by Gasteiger charge is 2.31. The number of carbonyl (C=O) groups excluding carboxylic acids is 1. The van der Waals surface area contributed by atoms with E-state index in [1.54, 1.807) is 0 Å². The van der Waals surface area contributed by atoms with Crippen molar-refractivity contribution in [2.75, 3.05) is 0 Å². The molecule has 1 aromatic carbocycles. The minimum Gasteiger partial charge on any atom is -0.390 e. The topological polar surface area (TPSA) is 75.4 Å². The number of aliphatic hydroxyl groups excluding tert-OH is 1. The lowest BCUT2D eigenvalue weighted by Gasteiger charge is -2.15. The highest BCUT2D eigenvalue weighted by atomic mass is 16.3. The van der Waals surface area contributed by atoms with Gasteiger partial charge in [-0.05, 0) is 11.1 Å². The molecule has 4 N–H and O–H groups in total. The van der Waals surface area contributed by atoms with Gasteiger partial charge >= 0.3 is 6.03 Å². The second-order valence-electron chi connectivity index (χ2n) is 3.46. The summed E-state index contributed by atoms with van der Waals surface area (Å²) in [5.41, 5.74) is 7.06. The fourth-order valence-electron chi connectivity index (χ4n) is 1.90. The Morgan fingerprint density at radius 2 is 2.06 bits per heavy atom. The van der Waals surface area contributed by atoms with Gasteiger partial charge in [-0.1, -0.05) is 38.1 Å². The van der Waals surface area contributed by atoms with E-state index in [2.05, 4.69) is 5.32 Å². The Morgan fingerprint density at radius 1 is 1.44 bits per heavy atom. The molecule has 0 aromatic heterocycles. The fourth-order valence-corrected chi connectivity index (χ4v) is 1.90. The highest BCUT2D eigenvalue weighted by Crippen LogP contribution is 2.30. The smallest absolute Gasteiger partial charge is 0.312 e. The second-order valence-corrected chi connectivity index (χ2v) is 3.46. The SMILES string of the molecule is CC.NC(=O)NC1c2ccccc2CC1O. The molecule has 4 nitrogen and oxygen atoms in total. The van der Waals surface area contributed by atoms with Crippen LogP contribution in [-0.4, -0.2) is 17.2 Å². The van der Waals surface area contributed by atoms with Crippen molar-refractivity contribution in [1.29, 1.82) is 0 Å². The molecule has 0 saturated heterocycles. The molecule has 1 aliphatic carbocycles. The first-order chi connectivity index (χ1) is 7.68. The van der Waals surface area contributed by atoms with Crippen LogP contribution in [0.1, 0.15) is 31.0 Å². The zero-order valence-corrected chi connectivity index (χ0v) is 9.60. The largest absolute Gasteiger partial charge is 0.390 e. The number of nitrogens with one attached hydrogen (secondary N) is 1. The minimum absolute atomic E-state index is 0.358. The molecule has 2 rings (SSSR count). The predicted octanol–water partition coefficient (Wildman–Crippen LogP) is 1.34. The monoisotopic (exact) mass is 222 g/mol. The fraction of sp³-hybridized carbons (Fsp3) is 0.417. The summed E-state index contributed by atoms with van der Waals surface area (Å²) in [6, 6.07) is 6.67. The number of hydrogen-bond acceptors (Lipinski definition) is 2. The molecule has 88 valence electrons. The number of carbonyl (C=O) groups is 1. The van der Waals surface area contributed by atoms with E-state index in [0.29, 0.717) is 6.42 Å². The first kappa shape index (κ1) is 12.5. The van der Waals surface area contributed by atoms with Gasteiger partial charge in [0.1, 0.15) is 0 Å². The number of nitrogens with two attached hydrogens (primary N) is 1. The Balaban J connectivity index is 0.000000606. The normalized spacial score (nSPS) is 21.7. The van der Waals surface area contributed by atoms with Gasteiger partial charge in [-0.25, -0.2) is 4.79 Å². The second kappa shape index (κ2) is 5.51. The maximum absolute atomic E-state index is 10.7. The molecule has 0 bridgehead atoms. The summed E-state index contributed by atoms with van der Waals surface area (Å²) in [7, 11) is 0. The quantitative estimate of drug-likeness (QED) is 0.670. The summed E-state index contributed by atoms with van der Waals surface area (Å²) in [5.74, 6) is 0. The van der Waals surface area contributed by atoms with E-state index in [1.165, 1.54) is 0 Å². The molecule has 2 atom stereocenters. The van der Waals surface area contributed by atoms with E-state index < -0.39 is 12.1 Å². The summed E-state index contributed by atoms with van der Waals surface area (Å²) < 4.78 is 0. The van der Waals surface area contributed by atoms with E-state index in [1.807, 2.05) is 38.1 Å². The molecule has 0 fully saturated rings. The Bertz CT molecular complexity index is 366. The molecule has 0 radical (unpaired) electrons. The molecule has 2 unspecified atom stereocenters. The van der Waals surface area contributed by atoms with Crippen LogP contribution >= 0.6 is 0 Å². The summed E-state index contributed by atoms with van der Waals surface area (Å²) in [6.07, 6.45) is 0.00102.